The summed E-state index contributed by atoms with van der Waals surface area (Å²) in [6.07, 6.45) is 3.37. The van der Waals surface area contributed by atoms with Gasteiger partial charge < -0.3 is 19.9 Å². The minimum atomic E-state index is 0.230. The third-order valence-corrected chi connectivity index (χ3v) is 4.53. The van der Waals surface area contributed by atoms with Crippen molar-refractivity contribution in [3.63, 3.8) is 0 Å². The normalized spacial score (nSPS) is 16.8. The highest BCUT2D eigenvalue weighted by molar-refractivity contribution is 5.55. The summed E-state index contributed by atoms with van der Waals surface area (Å²) in [6.45, 7) is 1.79. The minimum Gasteiger partial charge on any atom is -0.497 e. The summed E-state index contributed by atoms with van der Waals surface area (Å²) in [5.74, 6) is 2.87. The molecule has 7 nitrogen and oxygen atoms in total. The number of nitrogens with zero attached hydrogens (tertiary/aromatic N) is 4. The van der Waals surface area contributed by atoms with Gasteiger partial charge in [0.25, 0.3) is 5.89 Å². The molecule has 2 aromatic heterocycles. The second kappa shape index (κ2) is 7.13. The van der Waals surface area contributed by atoms with Crippen molar-refractivity contribution in [3.05, 3.63) is 54.0 Å². The van der Waals surface area contributed by atoms with E-state index in [0.717, 1.165) is 42.2 Å². The molecular weight excluding hydrogens is 330 g/mol. The molecule has 2 N–H and O–H groups in total. The fourth-order valence-corrected chi connectivity index (χ4v) is 3.06. The standard InChI is InChI=1S/C19H21N5O2/c1-25-16-5-2-13(3-6-16)10-17-22-19(26-23-17)14-4-7-18(21-11-14)24-9-8-15(20)12-24/h2-7,11,15H,8-10,12,20H2,1H3. The molecule has 3 aromatic rings. The van der Waals surface area contributed by atoms with E-state index in [0.29, 0.717) is 18.1 Å². The maximum absolute atomic E-state index is 5.96. The van der Waals surface area contributed by atoms with Crippen LogP contribution in [0.1, 0.15) is 17.8 Å². The maximum atomic E-state index is 5.96. The highest BCUT2D eigenvalue weighted by Gasteiger charge is 2.20. The van der Waals surface area contributed by atoms with E-state index in [1.54, 1.807) is 13.3 Å². The van der Waals surface area contributed by atoms with Crippen LogP contribution < -0.4 is 15.4 Å². The molecule has 1 atom stereocenters. The summed E-state index contributed by atoms with van der Waals surface area (Å²) in [5, 5.41) is 4.07. The summed E-state index contributed by atoms with van der Waals surface area (Å²) in [4.78, 5) is 11.2. The molecule has 1 aliphatic rings. The lowest BCUT2D eigenvalue weighted by Gasteiger charge is -2.16. The highest BCUT2D eigenvalue weighted by atomic mass is 16.5. The Morgan fingerprint density at radius 2 is 2.08 bits per heavy atom. The Labute approximate surface area is 151 Å². The molecule has 3 heterocycles. The van der Waals surface area contributed by atoms with Gasteiger partial charge in [-0.05, 0) is 36.2 Å². The summed E-state index contributed by atoms with van der Waals surface area (Å²) in [5.41, 5.74) is 7.86. The van der Waals surface area contributed by atoms with Crippen LogP contribution in [-0.2, 0) is 6.42 Å². The third-order valence-electron chi connectivity index (χ3n) is 4.53. The van der Waals surface area contributed by atoms with E-state index in [2.05, 4.69) is 20.0 Å². The number of ether oxygens (including phenoxy) is 1. The van der Waals surface area contributed by atoms with Gasteiger partial charge in [-0.15, -0.1) is 0 Å². The zero-order chi connectivity index (χ0) is 17.9. The lowest BCUT2D eigenvalue weighted by atomic mass is 10.1. The number of benzene rings is 1. The molecule has 7 heteroatoms. The first kappa shape index (κ1) is 16.5. The average Bonchev–Trinajstić information content (AvgIpc) is 3.32. The number of pyridine rings is 1. The molecular formula is C19H21N5O2. The Kier molecular flexibility index (Phi) is 4.53. The lowest BCUT2D eigenvalue weighted by molar-refractivity contribution is 0.414. The smallest absolute Gasteiger partial charge is 0.259 e. The Balaban J connectivity index is 1.45. The fraction of sp³-hybridized carbons (Fsp3) is 0.316. The van der Waals surface area contributed by atoms with Crippen LogP contribution >= 0.6 is 0 Å². The van der Waals surface area contributed by atoms with Crippen LogP contribution in [0.15, 0.2) is 47.1 Å². The molecule has 0 radical (unpaired) electrons. The maximum Gasteiger partial charge on any atom is 0.259 e. The van der Waals surface area contributed by atoms with E-state index >= 15 is 0 Å². The van der Waals surface area contributed by atoms with E-state index < -0.39 is 0 Å². The van der Waals surface area contributed by atoms with Gasteiger partial charge in [0.15, 0.2) is 5.82 Å². The van der Waals surface area contributed by atoms with Crippen molar-refractivity contribution in [2.75, 3.05) is 25.1 Å². The van der Waals surface area contributed by atoms with Crippen LogP contribution in [0.2, 0.25) is 0 Å². The van der Waals surface area contributed by atoms with E-state index in [1.807, 2.05) is 36.4 Å². The van der Waals surface area contributed by atoms with Crippen molar-refractivity contribution in [1.29, 1.82) is 0 Å². The van der Waals surface area contributed by atoms with Crippen molar-refractivity contribution >= 4 is 5.82 Å². The SMILES string of the molecule is COc1ccc(Cc2noc(-c3ccc(N4CCC(N)C4)nc3)n2)cc1. The van der Waals surface area contributed by atoms with E-state index in [4.69, 9.17) is 15.0 Å². The first-order chi connectivity index (χ1) is 12.7. The number of rotatable bonds is 5. The third kappa shape index (κ3) is 3.52. The Bertz CT molecular complexity index is 860. The average molecular weight is 351 g/mol. The van der Waals surface area contributed by atoms with E-state index in [1.165, 1.54) is 0 Å². The van der Waals surface area contributed by atoms with Crippen LogP contribution in [0.3, 0.4) is 0 Å². The van der Waals surface area contributed by atoms with E-state index in [-0.39, 0.29) is 6.04 Å². The summed E-state index contributed by atoms with van der Waals surface area (Å²) >= 11 is 0. The van der Waals surface area contributed by atoms with Crippen molar-refractivity contribution < 1.29 is 9.26 Å². The molecule has 0 spiro atoms. The number of aromatic nitrogens is 3. The first-order valence-electron chi connectivity index (χ1n) is 8.64. The first-order valence-corrected chi connectivity index (χ1v) is 8.64. The highest BCUT2D eigenvalue weighted by Crippen LogP contribution is 2.22. The lowest BCUT2D eigenvalue weighted by Crippen LogP contribution is -2.26. The topological polar surface area (TPSA) is 90.3 Å². The summed E-state index contributed by atoms with van der Waals surface area (Å²) in [6, 6.07) is 12.0. The zero-order valence-electron chi connectivity index (χ0n) is 14.6. The fourth-order valence-electron chi connectivity index (χ4n) is 3.06. The Morgan fingerprint density at radius 3 is 2.73 bits per heavy atom. The van der Waals surface area contributed by atoms with Gasteiger partial charge in [0, 0.05) is 31.7 Å². The van der Waals surface area contributed by atoms with Gasteiger partial charge in [0.05, 0.1) is 12.7 Å². The largest absolute Gasteiger partial charge is 0.497 e. The Hall–Kier alpha value is -2.93. The molecule has 1 aliphatic heterocycles. The zero-order valence-corrected chi connectivity index (χ0v) is 14.6. The molecule has 26 heavy (non-hydrogen) atoms. The predicted octanol–water partition coefficient (Wildman–Crippen LogP) is 2.27. The molecule has 1 unspecified atom stereocenters. The summed E-state index contributed by atoms with van der Waals surface area (Å²) in [7, 11) is 1.65. The van der Waals surface area contributed by atoms with Crippen molar-refractivity contribution in [2.45, 2.75) is 18.9 Å². The number of hydrogen-bond donors (Lipinski definition) is 1. The molecule has 4 rings (SSSR count). The van der Waals surface area contributed by atoms with Gasteiger partial charge in [0.1, 0.15) is 11.6 Å². The molecule has 0 aliphatic carbocycles. The number of anilines is 1. The summed E-state index contributed by atoms with van der Waals surface area (Å²) < 4.78 is 10.6. The van der Waals surface area contributed by atoms with Gasteiger partial charge >= 0.3 is 0 Å². The van der Waals surface area contributed by atoms with Gasteiger partial charge in [-0.25, -0.2) is 4.98 Å². The molecule has 134 valence electrons. The van der Waals surface area contributed by atoms with Crippen LogP contribution in [0.5, 0.6) is 5.75 Å². The minimum absolute atomic E-state index is 0.230. The Morgan fingerprint density at radius 1 is 1.23 bits per heavy atom. The molecule has 1 fully saturated rings. The van der Waals surface area contributed by atoms with E-state index in [9.17, 15) is 0 Å². The van der Waals surface area contributed by atoms with Gasteiger partial charge in [-0.3, -0.25) is 0 Å². The number of hydrogen-bond acceptors (Lipinski definition) is 7. The molecule has 1 aromatic carbocycles. The van der Waals surface area contributed by atoms with Crippen LogP contribution in [0.4, 0.5) is 5.82 Å². The molecule has 0 saturated carbocycles. The monoisotopic (exact) mass is 351 g/mol. The van der Waals surface area contributed by atoms with Gasteiger partial charge in [0.2, 0.25) is 0 Å². The van der Waals surface area contributed by atoms with Crippen LogP contribution in [-0.4, -0.2) is 41.4 Å². The predicted molar refractivity (Wildman–Crippen MR) is 98.1 cm³/mol. The number of nitrogens with two attached hydrogens (primary N) is 1. The van der Waals surface area contributed by atoms with Crippen LogP contribution in [0, 0.1) is 0 Å². The van der Waals surface area contributed by atoms with Crippen molar-refractivity contribution in [2.24, 2.45) is 5.73 Å². The van der Waals surface area contributed by atoms with Gasteiger partial charge in [-0.1, -0.05) is 17.3 Å². The molecule has 0 amide bonds. The van der Waals surface area contributed by atoms with Crippen LogP contribution in [0.25, 0.3) is 11.5 Å². The van der Waals surface area contributed by atoms with Crippen molar-refractivity contribution in [1.82, 2.24) is 15.1 Å². The molecule has 0 bridgehead atoms. The van der Waals surface area contributed by atoms with Gasteiger partial charge in [-0.2, -0.15) is 4.98 Å². The van der Waals surface area contributed by atoms with Crippen molar-refractivity contribution in [3.8, 4) is 17.2 Å². The second-order valence-corrected chi connectivity index (χ2v) is 6.44. The quantitative estimate of drug-likeness (QED) is 0.754. The molecule has 1 saturated heterocycles. The second-order valence-electron chi connectivity index (χ2n) is 6.44. The number of methoxy groups -OCH3 is 1.